The first-order valence-electron chi connectivity index (χ1n) is 9.12. The maximum Gasteiger partial charge on any atom is 0.251 e. The molecular formula is C20H26N4O. The van der Waals surface area contributed by atoms with E-state index < -0.39 is 0 Å². The van der Waals surface area contributed by atoms with E-state index in [9.17, 15) is 4.79 Å². The van der Waals surface area contributed by atoms with E-state index in [2.05, 4.69) is 34.0 Å². The molecular weight excluding hydrogens is 312 g/mol. The van der Waals surface area contributed by atoms with E-state index >= 15 is 0 Å². The first-order valence-corrected chi connectivity index (χ1v) is 9.12. The van der Waals surface area contributed by atoms with Gasteiger partial charge < -0.3 is 10.2 Å². The third-order valence-corrected chi connectivity index (χ3v) is 4.93. The van der Waals surface area contributed by atoms with Crippen molar-refractivity contribution >= 4 is 11.7 Å². The zero-order valence-electron chi connectivity index (χ0n) is 15.0. The number of hydrogen-bond donors (Lipinski definition) is 1. The van der Waals surface area contributed by atoms with Crippen molar-refractivity contribution in [2.24, 2.45) is 0 Å². The summed E-state index contributed by atoms with van der Waals surface area (Å²) in [6.45, 7) is 5.30. The molecule has 132 valence electrons. The molecule has 0 radical (unpaired) electrons. The standard InChI is InChI=1S/C20H26N4O/c1-3-18(16-7-10-21-11-8-16)23-20(25)17-9-12-22-19(14-17)24-13-5-4-6-15(24)2/h7-12,14-15,18H,3-6,13H2,1-2H3,(H,23,25)/t15-,18-/m1/s1. The van der Waals surface area contributed by atoms with Gasteiger partial charge in [0, 0.05) is 36.7 Å². The minimum Gasteiger partial charge on any atom is -0.354 e. The molecule has 5 heteroatoms. The van der Waals surface area contributed by atoms with Crippen LogP contribution in [0.4, 0.5) is 5.82 Å². The number of carbonyl (C=O) groups excluding carboxylic acids is 1. The molecule has 1 aliphatic rings. The molecule has 2 aromatic heterocycles. The van der Waals surface area contributed by atoms with Crippen molar-refractivity contribution in [2.75, 3.05) is 11.4 Å². The van der Waals surface area contributed by atoms with Crippen molar-refractivity contribution in [3.63, 3.8) is 0 Å². The Morgan fingerprint density at radius 2 is 2.08 bits per heavy atom. The van der Waals surface area contributed by atoms with E-state index in [-0.39, 0.29) is 11.9 Å². The van der Waals surface area contributed by atoms with Crippen LogP contribution in [0, 0.1) is 0 Å². The van der Waals surface area contributed by atoms with Gasteiger partial charge in [-0.05, 0) is 62.4 Å². The summed E-state index contributed by atoms with van der Waals surface area (Å²) in [5, 5.41) is 3.13. The van der Waals surface area contributed by atoms with Gasteiger partial charge in [-0.2, -0.15) is 0 Å². The molecule has 0 aliphatic carbocycles. The van der Waals surface area contributed by atoms with E-state index in [0.29, 0.717) is 11.6 Å². The molecule has 1 aliphatic heterocycles. The molecule has 2 aromatic rings. The second-order valence-electron chi connectivity index (χ2n) is 6.66. The molecule has 1 amide bonds. The van der Waals surface area contributed by atoms with Crippen LogP contribution in [0.3, 0.4) is 0 Å². The minimum atomic E-state index is -0.0584. The summed E-state index contributed by atoms with van der Waals surface area (Å²) in [5.74, 6) is 0.841. The van der Waals surface area contributed by atoms with Crippen molar-refractivity contribution in [2.45, 2.75) is 51.6 Å². The molecule has 25 heavy (non-hydrogen) atoms. The third kappa shape index (κ3) is 4.16. The van der Waals surface area contributed by atoms with Crippen LogP contribution in [-0.2, 0) is 0 Å². The summed E-state index contributed by atoms with van der Waals surface area (Å²) in [6.07, 6.45) is 9.71. The number of nitrogens with zero attached hydrogens (tertiary/aromatic N) is 3. The van der Waals surface area contributed by atoms with Crippen molar-refractivity contribution < 1.29 is 4.79 Å². The van der Waals surface area contributed by atoms with Gasteiger partial charge in [0.1, 0.15) is 5.82 Å². The molecule has 0 aromatic carbocycles. The Morgan fingerprint density at radius 1 is 1.28 bits per heavy atom. The molecule has 5 nitrogen and oxygen atoms in total. The topological polar surface area (TPSA) is 58.1 Å². The summed E-state index contributed by atoms with van der Waals surface area (Å²) in [7, 11) is 0. The molecule has 3 heterocycles. The van der Waals surface area contributed by atoms with Crippen molar-refractivity contribution in [1.29, 1.82) is 0 Å². The second-order valence-corrected chi connectivity index (χ2v) is 6.66. The number of carbonyl (C=O) groups is 1. The van der Waals surface area contributed by atoms with E-state index in [1.807, 2.05) is 18.2 Å². The number of anilines is 1. The molecule has 1 N–H and O–H groups in total. The smallest absolute Gasteiger partial charge is 0.251 e. The number of rotatable bonds is 5. The summed E-state index contributed by atoms with van der Waals surface area (Å²) in [5.41, 5.74) is 1.74. The van der Waals surface area contributed by atoms with E-state index in [4.69, 9.17) is 0 Å². The predicted molar refractivity (Wildman–Crippen MR) is 99.6 cm³/mol. The fourth-order valence-corrected chi connectivity index (χ4v) is 3.41. The average Bonchev–Trinajstić information content (AvgIpc) is 2.67. The van der Waals surface area contributed by atoms with E-state index in [1.54, 1.807) is 24.7 Å². The first-order chi connectivity index (χ1) is 12.2. The van der Waals surface area contributed by atoms with Crippen molar-refractivity contribution in [3.8, 4) is 0 Å². The lowest BCUT2D eigenvalue weighted by atomic mass is 10.0. The van der Waals surface area contributed by atoms with Crippen molar-refractivity contribution in [1.82, 2.24) is 15.3 Å². The van der Waals surface area contributed by atoms with Crippen LogP contribution >= 0.6 is 0 Å². The number of nitrogens with one attached hydrogen (secondary N) is 1. The molecule has 0 unspecified atom stereocenters. The van der Waals surface area contributed by atoms with Gasteiger partial charge in [-0.1, -0.05) is 6.92 Å². The fourth-order valence-electron chi connectivity index (χ4n) is 3.41. The minimum absolute atomic E-state index is 0.0129. The number of aromatic nitrogens is 2. The van der Waals surface area contributed by atoms with E-state index in [0.717, 1.165) is 24.3 Å². The monoisotopic (exact) mass is 338 g/mol. The number of amides is 1. The Balaban J connectivity index is 1.75. The largest absolute Gasteiger partial charge is 0.354 e. The van der Waals surface area contributed by atoms with Gasteiger partial charge in [0.15, 0.2) is 0 Å². The van der Waals surface area contributed by atoms with Gasteiger partial charge in [-0.3, -0.25) is 9.78 Å². The summed E-state index contributed by atoms with van der Waals surface area (Å²) >= 11 is 0. The fraction of sp³-hybridized carbons (Fsp3) is 0.450. The molecule has 1 saturated heterocycles. The average molecular weight is 338 g/mol. The molecule has 0 bridgehead atoms. The lowest BCUT2D eigenvalue weighted by Crippen LogP contribution is -2.38. The lowest BCUT2D eigenvalue weighted by molar-refractivity contribution is 0.0935. The Hall–Kier alpha value is -2.43. The highest BCUT2D eigenvalue weighted by Crippen LogP contribution is 2.24. The summed E-state index contributed by atoms with van der Waals surface area (Å²) in [4.78, 5) is 23.6. The Bertz CT molecular complexity index is 704. The quantitative estimate of drug-likeness (QED) is 0.902. The normalized spacial score (nSPS) is 18.6. The van der Waals surface area contributed by atoms with Gasteiger partial charge in [-0.15, -0.1) is 0 Å². The number of piperidine rings is 1. The van der Waals surface area contributed by atoms with Crippen LogP contribution in [0.5, 0.6) is 0 Å². The van der Waals surface area contributed by atoms with Crippen molar-refractivity contribution in [3.05, 3.63) is 54.0 Å². The van der Waals surface area contributed by atoms with Gasteiger partial charge in [0.05, 0.1) is 6.04 Å². The second kappa shape index (κ2) is 8.10. The van der Waals surface area contributed by atoms with Gasteiger partial charge in [0.25, 0.3) is 5.91 Å². The Labute approximate surface area is 149 Å². The number of hydrogen-bond acceptors (Lipinski definition) is 4. The first kappa shape index (κ1) is 17.4. The van der Waals surface area contributed by atoms with Gasteiger partial charge in [0.2, 0.25) is 0 Å². The maximum absolute atomic E-state index is 12.7. The SMILES string of the molecule is CC[C@@H](NC(=O)c1ccnc(N2CCCC[C@H]2C)c1)c1ccncc1. The van der Waals surface area contributed by atoms with Crippen LogP contribution in [0.15, 0.2) is 42.9 Å². The molecule has 2 atom stereocenters. The lowest BCUT2D eigenvalue weighted by Gasteiger charge is -2.34. The zero-order valence-corrected chi connectivity index (χ0v) is 15.0. The van der Waals surface area contributed by atoms with Crippen LogP contribution in [0.1, 0.15) is 61.5 Å². The van der Waals surface area contributed by atoms with Crippen LogP contribution < -0.4 is 10.2 Å². The van der Waals surface area contributed by atoms with Crippen LogP contribution in [0.25, 0.3) is 0 Å². The summed E-state index contributed by atoms with van der Waals surface area (Å²) in [6, 6.07) is 8.05. The predicted octanol–water partition coefficient (Wildman–Crippen LogP) is 3.74. The summed E-state index contributed by atoms with van der Waals surface area (Å²) < 4.78 is 0. The number of pyridine rings is 2. The molecule has 0 spiro atoms. The molecule has 3 rings (SSSR count). The zero-order chi connectivity index (χ0) is 17.6. The van der Waals surface area contributed by atoms with E-state index in [1.165, 1.54) is 19.3 Å². The highest BCUT2D eigenvalue weighted by molar-refractivity contribution is 5.95. The van der Waals surface area contributed by atoms with Gasteiger partial charge >= 0.3 is 0 Å². The van der Waals surface area contributed by atoms with Crippen LogP contribution in [-0.4, -0.2) is 28.5 Å². The molecule has 0 saturated carbocycles. The molecule has 1 fully saturated rings. The Kier molecular flexibility index (Phi) is 5.64. The van der Waals surface area contributed by atoms with Gasteiger partial charge in [-0.25, -0.2) is 4.98 Å². The third-order valence-electron chi connectivity index (χ3n) is 4.93. The highest BCUT2D eigenvalue weighted by atomic mass is 16.1. The Morgan fingerprint density at radius 3 is 2.80 bits per heavy atom. The van der Waals surface area contributed by atoms with Crippen LogP contribution in [0.2, 0.25) is 0 Å². The highest BCUT2D eigenvalue weighted by Gasteiger charge is 2.21. The maximum atomic E-state index is 12.7.